The Morgan fingerprint density at radius 3 is 2.48 bits per heavy atom. The lowest BCUT2D eigenvalue weighted by Crippen LogP contribution is -2.54. The maximum atomic E-state index is 11.6. The summed E-state index contributed by atoms with van der Waals surface area (Å²) in [4.78, 5) is 2.36. The Morgan fingerprint density at radius 1 is 1.17 bits per heavy atom. The lowest BCUT2D eigenvalue weighted by Gasteiger charge is -2.43. The molecule has 0 aliphatic carbocycles. The van der Waals surface area contributed by atoms with Crippen LogP contribution in [-0.4, -0.2) is 48.2 Å². The van der Waals surface area contributed by atoms with Crippen molar-refractivity contribution in [3.05, 3.63) is 35.5 Å². The van der Waals surface area contributed by atoms with E-state index in [1.165, 1.54) is 16.5 Å². The van der Waals surface area contributed by atoms with Gasteiger partial charge < -0.3 is 14.1 Å². The predicted octanol–water partition coefficient (Wildman–Crippen LogP) is 5.19. The van der Waals surface area contributed by atoms with E-state index in [0.29, 0.717) is 35.8 Å². The van der Waals surface area contributed by atoms with Crippen LogP contribution in [0.1, 0.15) is 71.6 Å². The first-order valence-corrected chi connectivity index (χ1v) is 13.6. The van der Waals surface area contributed by atoms with Crippen LogP contribution in [0.2, 0.25) is 11.1 Å². The van der Waals surface area contributed by atoms with Crippen molar-refractivity contribution in [2.24, 2.45) is 0 Å². The molecule has 2 aliphatic rings. The molecular weight excluding hydrogens is 376 g/mol. The first-order chi connectivity index (χ1) is 13.7. The summed E-state index contributed by atoms with van der Waals surface area (Å²) < 4.78 is 8.76. The first-order valence-electron chi connectivity index (χ1n) is 11.4. The number of rotatable bonds is 5. The molecule has 0 radical (unpaired) electrons. The van der Waals surface area contributed by atoms with Gasteiger partial charge in [-0.3, -0.25) is 4.90 Å². The predicted molar refractivity (Wildman–Crippen MR) is 123 cm³/mol. The highest BCUT2D eigenvalue weighted by molar-refractivity contribution is 6.84. The topological polar surface area (TPSA) is 37.6 Å². The largest absolute Gasteiger partial charge is 0.373 e. The van der Waals surface area contributed by atoms with Gasteiger partial charge in [0.1, 0.15) is 0 Å². The van der Waals surface area contributed by atoms with Crippen LogP contribution in [0, 0.1) is 0 Å². The second kappa shape index (κ2) is 7.22. The van der Waals surface area contributed by atoms with Crippen molar-refractivity contribution in [3.8, 4) is 0 Å². The van der Waals surface area contributed by atoms with Crippen molar-refractivity contribution < 1.29 is 9.84 Å². The summed E-state index contributed by atoms with van der Waals surface area (Å²) in [7, 11) is -1.79. The molecule has 1 saturated heterocycles. The Bertz CT molecular complexity index is 898. The average molecular weight is 415 g/mol. The molecule has 0 bridgehead atoms. The molecule has 0 amide bonds. The fourth-order valence-corrected chi connectivity index (χ4v) is 13.1. The third kappa shape index (κ3) is 2.81. The minimum Gasteiger partial charge on any atom is -0.373 e. The zero-order valence-electron chi connectivity index (χ0n) is 19.2. The monoisotopic (exact) mass is 414 g/mol. The van der Waals surface area contributed by atoms with E-state index < -0.39 is 14.0 Å². The highest BCUT2D eigenvalue weighted by atomic mass is 28.3. The highest BCUT2D eigenvalue weighted by Crippen LogP contribution is 2.53. The molecule has 29 heavy (non-hydrogen) atoms. The van der Waals surface area contributed by atoms with Crippen molar-refractivity contribution in [1.82, 2.24) is 9.13 Å². The molecular formula is C24H38N2O2Si. The van der Waals surface area contributed by atoms with E-state index in [0.717, 1.165) is 18.5 Å². The van der Waals surface area contributed by atoms with Crippen LogP contribution in [0.5, 0.6) is 0 Å². The highest BCUT2D eigenvalue weighted by Gasteiger charge is 2.53. The van der Waals surface area contributed by atoms with Crippen LogP contribution >= 0.6 is 0 Å². The molecule has 1 aromatic heterocycles. The second-order valence-electron chi connectivity index (χ2n) is 9.98. The number of ether oxygens (including phenoxy) is 1. The Morgan fingerprint density at radius 2 is 1.86 bits per heavy atom. The van der Waals surface area contributed by atoms with E-state index in [1.54, 1.807) is 0 Å². The average Bonchev–Trinajstić information content (AvgIpc) is 3.20. The van der Waals surface area contributed by atoms with E-state index in [9.17, 15) is 5.11 Å². The standard InChI is InChI=1S/C24H38N2O2Si/c1-8-12-25-15-24(27,28-14-18(25)6)22-10-9-20-19(7)29(16(2)3,17(4)5)26-13-11-21(22)23(20)26/h9-11,13,16-19,27H,8,12,14-15H2,1-7H3/t18-,19?,24?/m0/s1. The fraction of sp³-hybridized carbons (Fsp3) is 0.667. The summed E-state index contributed by atoms with van der Waals surface area (Å²) in [5.41, 5.74) is 5.63. The van der Waals surface area contributed by atoms with E-state index in [4.69, 9.17) is 4.74 Å². The van der Waals surface area contributed by atoms with E-state index in [-0.39, 0.29) is 0 Å². The van der Waals surface area contributed by atoms with Gasteiger partial charge in [-0.05, 0) is 54.3 Å². The van der Waals surface area contributed by atoms with Crippen LogP contribution in [-0.2, 0) is 10.5 Å². The number of aliphatic hydroxyl groups is 1. The van der Waals surface area contributed by atoms with Crippen LogP contribution in [0.25, 0.3) is 10.9 Å². The summed E-state index contributed by atoms with van der Waals surface area (Å²) >= 11 is 0. The third-order valence-corrected chi connectivity index (χ3v) is 14.4. The van der Waals surface area contributed by atoms with Gasteiger partial charge in [-0.2, -0.15) is 0 Å². The maximum absolute atomic E-state index is 11.6. The van der Waals surface area contributed by atoms with E-state index >= 15 is 0 Å². The minimum absolute atomic E-state index is 0.340. The molecule has 0 saturated carbocycles. The number of aromatic nitrogens is 1. The van der Waals surface area contributed by atoms with Crippen molar-refractivity contribution in [2.45, 2.75) is 83.3 Å². The van der Waals surface area contributed by atoms with Crippen LogP contribution in [0.3, 0.4) is 0 Å². The summed E-state index contributed by atoms with van der Waals surface area (Å²) in [5.74, 6) is -1.24. The summed E-state index contributed by atoms with van der Waals surface area (Å²) in [5, 5.41) is 12.8. The van der Waals surface area contributed by atoms with Gasteiger partial charge in [-0.1, -0.05) is 53.7 Å². The van der Waals surface area contributed by atoms with Crippen LogP contribution in [0.4, 0.5) is 0 Å². The summed E-state index contributed by atoms with van der Waals surface area (Å²) in [6.45, 7) is 18.5. The van der Waals surface area contributed by atoms with Crippen molar-refractivity contribution >= 4 is 19.1 Å². The Labute approximate surface area is 176 Å². The molecule has 2 aliphatic heterocycles. The molecule has 1 N–H and O–H groups in total. The van der Waals surface area contributed by atoms with Gasteiger partial charge in [-0.25, -0.2) is 0 Å². The van der Waals surface area contributed by atoms with Crippen LogP contribution < -0.4 is 0 Å². The van der Waals surface area contributed by atoms with E-state index in [1.807, 2.05) is 0 Å². The van der Waals surface area contributed by atoms with Crippen molar-refractivity contribution in [3.63, 3.8) is 0 Å². The summed E-state index contributed by atoms with van der Waals surface area (Å²) in [6, 6.07) is 6.99. The third-order valence-electron chi connectivity index (χ3n) is 7.84. The molecule has 160 valence electrons. The first kappa shape index (κ1) is 21.1. The Hall–Kier alpha value is -1.14. The zero-order valence-corrected chi connectivity index (χ0v) is 20.2. The second-order valence-corrected chi connectivity index (χ2v) is 15.4. The molecule has 2 aromatic rings. The summed E-state index contributed by atoms with van der Waals surface area (Å²) in [6.07, 6.45) is 3.39. The van der Waals surface area contributed by atoms with Gasteiger partial charge in [-0.15, -0.1) is 0 Å². The SMILES string of the molecule is CCCN1CC(O)(c2ccc3c4c2ccn4[Si](C(C)C)(C(C)C)C3C)OC[C@@H]1C. The number of hydrogen-bond acceptors (Lipinski definition) is 3. The number of benzene rings is 1. The Balaban J connectivity index is 1.85. The van der Waals surface area contributed by atoms with Gasteiger partial charge in [0.05, 0.1) is 13.2 Å². The molecule has 2 unspecified atom stereocenters. The minimum atomic E-state index is -1.79. The van der Waals surface area contributed by atoms with E-state index in [2.05, 4.69) is 82.0 Å². The number of hydrogen-bond donors (Lipinski definition) is 1. The Kier molecular flexibility index (Phi) is 5.26. The maximum Gasteiger partial charge on any atom is 0.206 e. The number of nitrogens with zero attached hydrogens (tertiary/aromatic N) is 2. The number of β-amino-alcohol motifs (C(OH)–C–C–N with tert-alkyl or cyclic N) is 1. The van der Waals surface area contributed by atoms with Crippen molar-refractivity contribution in [1.29, 1.82) is 0 Å². The van der Waals surface area contributed by atoms with Gasteiger partial charge >= 0.3 is 0 Å². The molecule has 3 atom stereocenters. The molecule has 1 fully saturated rings. The molecule has 4 nitrogen and oxygen atoms in total. The molecule has 1 aromatic carbocycles. The van der Waals surface area contributed by atoms with Gasteiger partial charge in [0.15, 0.2) is 8.24 Å². The van der Waals surface area contributed by atoms with Gasteiger partial charge in [0.25, 0.3) is 0 Å². The zero-order chi connectivity index (χ0) is 21.1. The smallest absolute Gasteiger partial charge is 0.206 e. The lowest BCUT2D eigenvalue weighted by atomic mass is 9.95. The fourth-order valence-electron chi connectivity index (χ4n) is 6.57. The molecule has 4 rings (SSSR count). The quantitative estimate of drug-likeness (QED) is 0.685. The van der Waals surface area contributed by atoms with Crippen LogP contribution in [0.15, 0.2) is 24.4 Å². The van der Waals surface area contributed by atoms with Crippen molar-refractivity contribution in [2.75, 3.05) is 19.7 Å². The lowest BCUT2D eigenvalue weighted by molar-refractivity contribution is -0.258. The van der Waals surface area contributed by atoms with Gasteiger partial charge in [0, 0.05) is 22.5 Å². The van der Waals surface area contributed by atoms with Gasteiger partial charge in [0.2, 0.25) is 5.79 Å². The molecule has 3 heterocycles. The molecule has 0 spiro atoms. The number of morpholine rings is 1. The normalized spacial score (nSPS) is 29.4. The molecule has 5 heteroatoms.